The molecule has 0 unspecified atom stereocenters. The van der Waals surface area contributed by atoms with Crippen molar-refractivity contribution in [2.45, 2.75) is 13.8 Å². The first-order chi connectivity index (χ1) is 8.58. The molecule has 0 aliphatic heterocycles. The van der Waals surface area contributed by atoms with Crippen LogP contribution in [0.3, 0.4) is 0 Å². The van der Waals surface area contributed by atoms with Crippen molar-refractivity contribution in [1.82, 2.24) is 4.98 Å². The largest absolute Gasteiger partial charge is 0.465 e. The minimum absolute atomic E-state index is 0.0646. The molecule has 0 amide bonds. The van der Waals surface area contributed by atoms with Gasteiger partial charge in [0.05, 0.1) is 6.61 Å². The molecule has 0 fully saturated rings. The van der Waals surface area contributed by atoms with Crippen molar-refractivity contribution < 1.29 is 18.3 Å². The summed E-state index contributed by atoms with van der Waals surface area (Å²) in [7, 11) is 0. The van der Waals surface area contributed by atoms with E-state index in [0.29, 0.717) is 12.6 Å². The molecule has 18 heavy (non-hydrogen) atoms. The van der Waals surface area contributed by atoms with Gasteiger partial charge in [0.2, 0.25) is 0 Å². The third-order valence-electron chi connectivity index (χ3n) is 1.98. The smallest absolute Gasteiger partial charge is 0.325 e. The van der Waals surface area contributed by atoms with Gasteiger partial charge in [-0.05, 0) is 13.8 Å². The Morgan fingerprint density at radius 1 is 1.28 bits per heavy atom. The Hall–Kier alpha value is -1.92. The highest BCUT2D eigenvalue weighted by Crippen LogP contribution is 2.18. The lowest BCUT2D eigenvalue weighted by Gasteiger charge is -2.09. The molecule has 7 heteroatoms. The molecular weight excluding hydrogens is 244 g/mol. The van der Waals surface area contributed by atoms with Gasteiger partial charge in [0, 0.05) is 12.6 Å². The SMILES string of the molecule is CCNc1nc(NCC(=O)OCC)c(F)cc1F. The molecule has 0 atom stereocenters. The molecule has 1 rings (SSSR count). The van der Waals surface area contributed by atoms with E-state index in [1.807, 2.05) is 0 Å². The minimum Gasteiger partial charge on any atom is -0.465 e. The van der Waals surface area contributed by atoms with E-state index in [0.717, 1.165) is 0 Å². The van der Waals surface area contributed by atoms with Crippen LogP contribution in [0.25, 0.3) is 0 Å². The third-order valence-corrected chi connectivity index (χ3v) is 1.98. The van der Waals surface area contributed by atoms with Crippen LogP contribution in [0, 0.1) is 11.6 Å². The predicted octanol–water partition coefficient (Wildman–Crippen LogP) is 1.77. The molecule has 0 aliphatic rings. The van der Waals surface area contributed by atoms with E-state index in [9.17, 15) is 13.6 Å². The second-order valence-electron chi connectivity index (χ2n) is 3.34. The number of anilines is 2. The van der Waals surface area contributed by atoms with Crippen LogP contribution >= 0.6 is 0 Å². The van der Waals surface area contributed by atoms with Gasteiger partial charge < -0.3 is 15.4 Å². The van der Waals surface area contributed by atoms with Gasteiger partial charge in [-0.2, -0.15) is 0 Å². The number of carbonyl (C=O) groups excluding carboxylic acids is 1. The summed E-state index contributed by atoms with van der Waals surface area (Å²) in [5.41, 5.74) is 0. The van der Waals surface area contributed by atoms with E-state index in [1.54, 1.807) is 13.8 Å². The summed E-state index contributed by atoms with van der Waals surface area (Å²) >= 11 is 0. The molecule has 5 nitrogen and oxygen atoms in total. The van der Waals surface area contributed by atoms with Gasteiger partial charge in [-0.25, -0.2) is 13.8 Å². The number of aromatic nitrogens is 1. The van der Waals surface area contributed by atoms with Crippen LogP contribution in [-0.4, -0.2) is 30.6 Å². The number of rotatable bonds is 6. The molecule has 100 valence electrons. The summed E-state index contributed by atoms with van der Waals surface area (Å²) < 4.78 is 31.3. The van der Waals surface area contributed by atoms with Crippen LogP contribution in [0.1, 0.15) is 13.8 Å². The van der Waals surface area contributed by atoms with Crippen molar-refractivity contribution in [2.24, 2.45) is 0 Å². The number of nitrogens with one attached hydrogen (secondary N) is 2. The fourth-order valence-corrected chi connectivity index (χ4v) is 1.25. The van der Waals surface area contributed by atoms with Crippen molar-refractivity contribution in [1.29, 1.82) is 0 Å². The zero-order valence-corrected chi connectivity index (χ0v) is 10.2. The van der Waals surface area contributed by atoms with Gasteiger partial charge in [-0.15, -0.1) is 0 Å². The molecule has 1 heterocycles. The van der Waals surface area contributed by atoms with Crippen molar-refractivity contribution in [2.75, 3.05) is 30.3 Å². The Morgan fingerprint density at radius 3 is 2.44 bits per heavy atom. The van der Waals surface area contributed by atoms with Crippen LogP contribution in [0.4, 0.5) is 20.4 Å². The molecular formula is C11H15F2N3O2. The number of nitrogens with zero attached hydrogens (tertiary/aromatic N) is 1. The summed E-state index contributed by atoms with van der Waals surface area (Å²) in [6, 6.07) is 0.707. The first-order valence-corrected chi connectivity index (χ1v) is 5.57. The number of halogens is 2. The number of hydrogen-bond acceptors (Lipinski definition) is 5. The van der Waals surface area contributed by atoms with E-state index in [2.05, 4.69) is 20.4 Å². The highest BCUT2D eigenvalue weighted by molar-refractivity contribution is 5.74. The van der Waals surface area contributed by atoms with Gasteiger partial charge in [0.15, 0.2) is 23.3 Å². The lowest BCUT2D eigenvalue weighted by atomic mass is 10.4. The Kier molecular flexibility index (Phi) is 5.29. The van der Waals surface area contributed by atoms with Gasteiger partial charge in [-0.1, -0.05) is 0 Å². The average Bonchev–Trinajstić information content (AvgIpc) is 2.31. The molecule has 2 N–H and O–H groups in total. The summed E-state index contributed by atoms with van der Waals surface area (Å²) in [4.78, 5) is 14.8. The zero-order chi connectivity index (χ0) is 13.5. The van der Waals surface area contributed by atoms with Crippen molar-refractivity contribution in [3.05, 3.63) is 17.7 Å². The van der Waals surface area contributed by atoms with Crippen LogP contribution in [0.2, 0.25) is 0 Å². The normalized spacial score (nSPS) is 10.0. The van der Waals surface area contributed by atoms with Crippen LogP contribution < -0.4 is 10.6 Å². The highest BCUT2D eigenvalue weighted by Gasteiger charge is 2.12. The van der Waals surface area contributed by atoms with E-state index < -0.39 is 17.6 Å². The molecule has 1 aromatic heterocycles. The second kappa shape index (κ2) is 6.73. The Balaban J connectivity index is 2.75. The maximum absolute atomic E-state index is 13.4. The summed E-state index contributed by atoms with van der Waals surface area (Å²) in [5.74, 6) is -2.44. The van der Waals surface area contributed by atoms with Gasteiger partial charge in [0.25, 0.3) is 0 Å². The third kappa shape index (κ3) is 3.83. The van der Waals surface area contributed by atoms with Crippen molar-refractivity contribution >= 4 is 17.6 Å². The monoisotopic (exact) mass is 259 g/mol. The van der Waals surface area contributed by atoms with Crippen LogP contribution in [0.5, 0.6) is 0 Å². The van der Waals surface area contributed by atoms with Gasteiger partial charge >= 0.3 is 5.97 Å². The number of pyridine rings is 1. The number of ether oxygens (including phenoxy) is 1. The Bertz CT molecular complexity index is 427. The summed E-state index contributed by atoms with van der Waals surface area (Å²) in [6.45, 7) is 3.89. The molecule has 1 aromatic rings. The lowest BCUT2D eigenvalue weighted by molar-refractivity contribution is -0.140. The number of carbonyl (C=O) groups is 1. The second-order valence-corrected chi connectivity index (χ2v) is 3.34. The van der Waals surface area contributed by atoms with Crippen LogP contribution in [0.15, 0.2) is 6.07 Å². The Morgan fingerprint density at radius 2 is 1.89 bits per heavy atom. The lowest BCUT2D eigenvalue weighted by Crippen LogP contribution is -2.18. The molecule has 0 saturated carbocycles. The van der Waals surface area contributed by atoms with E-state index >= 15 is 0 Å². The molecule has 0 spiro atoms. The van der Waals surface area contributed by atoms with Gasteiger partial charge in [-0.3, -0.25) is 4.79 Å². The van der Waals surface area contributed by atoms with Crippen molar-refractivity contribution in [3.63, 3.8) is 0 Å². The Labute approximate surface area is 104 Å². The fourth-order valence-electron chi connectivity index (χ4n) is 1.25. The number of esters is 1. The first-order valence-electron chi connectivity index (χ1n) is 5.57. The average molecular weight is 259 g/mol. The van der Waals surface area contributed by atoms with Crippen LogP contribution in [-0.2, 0) is 9.53 Å². The van der Waals surface area contributed by atoms with E-state index in [1.165, 1.54) is 0 Å². The topological polar surface area (TPSA) is 63.2 Å². The zero-order valence-electron chi connectivity index (χ0n) is 10.2. The molecule has 0 aromatic carbocycles. The highest BCUT2D eigenvalue weighted by atomic mass is 19.1. The molecule has 0 radical (unpaired) electrons. The predicted molar refractivity (Wildman–Crippen MR) is 63.4 cm³/mol. The minimum atomic E-state index is -0.863. The maximum atomic E-state index is 13.4. The van der Waals surface area contributed by atoms with Gasteiger partial charge in [0.1, 0.15) is 6.54 Å². The van der Waals surface area contributed by atoms with E-state index in [4.69, 9.17) is 0 Å². The number of hydrogen-bond donors (Lipinski definition) is 2. The molecule has 0 bridgehead atoms. The quantitative estimate of drug-likeness (QED) is 0.762. The fraction of sp³-hybridized carbons (Fsp3) is 0.455. The maximum Gasteiger partial charge on any atom is 0.325 e. The summed E-state index contributed by atoms with van der Waals surface area (Å²) in [6.07, 6.45) is 0. The molecule has 0 aliphatic carbocycles. The standard InChI is InChI=1S/C11H15F2N3O2/c1-3-14-10-7(12)5-8(13)11(16-10)15-6-9(17)18-4-2/h5H,3-4,6H2,1-2H3,(H2,14,15,16). The van der Waals surface area contributed by atoms with E-state index in [-0.39, 0.29) is 24.8 Å². The summed E-state index contributed by atoms with van der Waals surface area (Å²) in [5, 5.41) is 5.10. The molecule has 0 saturated heterocycles. The van der Waals surface area contributed by atoms with Crippen molar-refractivity contribution in [3.8, 4) is 0 Å². The first kappa shape index (κ1) is 14.1.